The minimum Gasteiger partial charge on any atom is -0.493 e. The van der Waals surface area contributed by atoms with E-state index in [4.69, 9.17) is 14.2 Å². The van der Waals surface area contributed by atoms with Gasteiger partial charge < -0.3 is 19.5 Å². The first-order valence-corrected chi connectivity index (χ1v) is 7.04. The number of hydrogen-bond donors (Lipinski definition) is 1. The van der Waals surface area contributed by atoms with Crippen molar-refractivity contribution in [2.45, 2.75) is 45.4 Å². The van der Waals surface area contributed by atoms with E-state index in [0.29, 0.717) is 24.5 Å². The molecule has 2 rings (SSSR count). The second-order valence-electron chi connectivity index (χ2n) is 6.15. The van der Waals surface area contributed by atoms with Gasteiger partial charge >= 0.3 is 5.97 Å². The van der Waals surface area contributed by atoms with Crippen molar-refractivity contribution in [2.75, 3.05) is 14.2 Å². The predicted octanol–water partition coefficient (Wildman–Crippen LogP) is 2.48. The Balaban J connectivity index is 0.00000242. The lowest BCUT2D eigenvalue weighted by molar-refractivity contribution is -0.157. The summed E-state index contributed by atoms with van der Waals surface area (Å²) in [5, 5.41) is 3.22. The molecule has 0 radical (unpaired) electrons. The predicted molar refractivity (Wildman–Crippen MR) is 87.0 cm³/mol. The van der Waals surface area contributed by atoms with Gasteiger partial charge in [-0.15, -0.1) is 12.4 Å². The van der Waals surface area contributed by atoms with Crippen LogP contribution in [-0.2, 0) is 22.5 Å². The van der Waals surface area contributed by atoms with Crippen LogP contribution >= 0.6 is 12.4 Å². The van der Waals surface area contributed by atoms with E-state index in [1.807, 2.05) is 32.9 Å². The number of fused-ring (bicyclic) bond motifs is 1. The van der Waals surface area contributed by atoms with Crippen molar-refractivity contribution in [2.24, 2.45) is 0 Å². The van der Waals surface area contributed by atoms with Crippen LogP contribution in [0.4, 0.5) is 0 Å². The Kier molecular flexibility index (Phi) is 6.08. The maximum Gasteiger partial charge on any atom is 0.324 e. The molecule has 1 aromatic carbocycles. The molecule has 6 heteroatoms. The van der Waals surface area contributed by atoms with Gasteiger partial charge in [0.1, 0.15) is 11.6 Å². The van der Waals surface area contributed by atoms with Gasteiger partial charge in [0.2, 0.25) is 0 Å². The molecule has 22 heavy (non-hydrogen) atoms. The first-order valence-electron chi connectivity index (χ1n) is 7.04. The lowest BCUT2D eigenvalue weighted by atomic mass is 9.95. The number of esters is 1. The highest BCUT2D eigenvalue weighted by molar-refractivity contribution is 5.85. The zero-order chi connectivity index (χ0) is 15.6. The minimum absolute atomic E-state index is 0. The van der Waals surface area contributed by atoms with E-state index in [1.165, 1.54) is 0 Å². The van der Waals surface area contributed by atoms with Crippen LogP contribution in [0.1, 0.15) is 31.9 Å². The Hall–Kier alpha value is -1.46. The van der Waals surface area contributed by atoms with E-state index in [1.54, 1.807) is 14.2 Å². The summed E-state index contributed by atoms with van der Waals surface area (Å²) in [6.45, 7) is 6.22. The first kappa shape index (κ1) is 18.6. The summed E-state index contributed by atoms with van der Waals surface area (Å²) < 4.78 is 16.1. The summed E-state index contributed by atoms with van der Waals surface area (Å²) >= 11 is 0. The van der Waals surface area contributed by atoms with Gasteiger partial charge in [0.25, 0.3) is 0 Å². The molecule has 1 N–H and O–H groups in total. The van der Waals surface area contributed by atoms with Crippen molar-refractivity contribution in [3.05, 3.63) is 23.3 Å². The van der Waals surface area contributed by atoms with Crippen LogP contribution in [0.25, 0.3) is 0 Å². The molecule has 5 nitrogen and oxygen atoms in total. The highest BCUT2D eigenvalue weighted by atomic mass is 35.5. The van der Waals surface area contributed by atoms with E-state index >= 15 is 0 Å². The van der Waals surface area contributed by atoms with E-state index in [-0.39, 0.29) is 24.4 Å². The number of benzene rings is 1. The molecule has 1 heterocycles. The Bertz CT molecular complexity index is 540. The van der Waals surface area contributed by atoms with Gasteiger partial charge in [-0.25, -0.2) is 0 Å². The lowest BCUT2D eigenvalue weighted by Crippen LogP contribution is -2.45. The van der Waals surface area contributed by atoms with Crippen molar-refractivity contribution in [1.82, 2.24) is 5.32 Å². The number of carbonyl (C=O) groups is 1. The summed E-state index contributed by atoms with van der Waals surface area (Å²) in [6, 6.07) is 3.56. The molecule has 1 aliphatic heterocycles. The van der Waals surface area contributed by atoms with E-state index < -0.39 is 5.60 Å². The molecular weight excluding hydrogens is 306 g/mol. The molecule has 0 amide bonds. The molecule has 0 unspecified atom stereocenters. The molecular formula is C16H24ClNO4. The Morgan fingerprint density at radius 3 is 2.18 bits per heavy atom. The average Bonchev–Trinajstić information content (AvgIpc) is 2.43. The van der Waals surface area contributed by atoms with Crippen molar-refractivity contribution in [3.63, 3.8) is 0 Å². The number of nitrogens with one attached hydrogen (secondary N) is 1. The summed E-state index contributed by atoms with van der Waals surface area (Å²) in [7, 11) is 3.22. The topological polar surface area (TPSA) is 56.8 Å². The van der Waals surface area contributed by atoms with Crippen LogP contribution < -0.4 is 14.8 Å². The molecule has 0 fully saturated rings. The van der Waals surface area contributed by atoms with Gasteiger partial charge in [-0.1, -0.05) is 0 Å². The van der Waals surface area contributed by atoms with E-state index in [9.17, 15) is 4.79 Å². The fourth-order valence-electron chi connectivity index (χ4n) is 2.38. The number of rotatable bonds is 3. The van der Waals surface area contributed by atoms with Crippen molar-refractivity contribution in [3.8, 4) is 11.5 Å². The van der Waals surface area contributed by atoms with Gasteiger partial charge in [-0.2, -0.15) is 0 Å². The van der Waals surface area contributed by atoms with Crippen molar-refractivity contribution in [1.29, 1.82) is 0 Å². The number of methoxy groups -OCH3 is 2. The first-order chi connectivity index (χ1) is 9.84. The molecule has 0 bridgehead atoms. The zero-order valence-corrected chi connectivity index (χ0v) is 14.5. The zero-order valence-electron chi connectivity index (χ0n) is 13.7. The quantitative estimate of drug-likeness (QED) is 0.863. The number of halogens is 1. The number of carbonyl (C=O) groups excluding carboxylic acids is 1. The smallest absolute Gasteiger partial charge is 0.324 e. The molecule has 1 atom stereocenters. The van der Waals surface area contributed by atoms with Gasteiger partial charge in [0.05, 0.1) is 14.2 Å². The van der Waals surface area contributed by atoms with Crippen LogP contribution in [0.2, 0.25) is 0 Å². The molecule has 0 aliphatic carbocycles. The minimum atomic E-state index is -0.476. The van der Waals surface area contributed by atoms with Gasteiger partial charge in [0.15, 0.2) is 11.5 Å². The van der Waals surface area contributed by atoms with Crippen LogP contribution in [0.3, 0.4) is 0 Å². The lowest BCUT2D eigenvalue weighted by Gasteiger charge is -2.29. The summed E-state index contributed by atoms with van der Waals surface area (Å²) in [5.74, 6) is 1.16. The summed E-state index contributed by atoms with van der Waals surface area (Å²) in [4.78, 5) is 12.2. The number of hydrogen-bond acceptors (Lipinski definition) is 5. The fourth-order valence-corrected chi connectivity index (χ4v) is 2.38. The molecule has 0 aromatic heterocycles. The normalized spacial score (nSPS) is 17.0. The Morgan fingerprint density at radius 1 is 1.14 bits per heavy atom. The van der Waals surface area contributed by atoms with Crippen LogP contribution in [0, 0.1) is 0 Å². The Labute approximate surface area is 137 Å². The standard InChI is InChI=1S/C16H23NO4.ClH/c1-16(2,3)21-15(18)12-6-10-7-13(19-4)14(20-5)8-11(10)9-17-12;/h7-8,12,17H,6,9H2,1-5H3;1H/t12-;/m0./s1. The van der Waals surface area contributed by atoms with Crippen molar-refractivity contribution >= 4 is 18.4 Å². The fraction of sp³-hybridized carbons (Fsp3) is 0.562. The highest BCUT2D eigenvalue weighted by Crippen LogP contribution is 2.32. The van der Waals surface area contributed by atoms with Crippen LogP contribution in [0.15, 0.2) is 12.1 Å². The van der Waals surface area contributed by atoms with Gasteiger partial charge in [-0.05, 0) is 50.5 Å². The van der Waals surface area contributed by atoms with Gasteiger partial charge in [-0.3, -0.25) is 4.79 Å². The van der Waals surface area contributed by atoms with E-state index in [0.717, 1.165) is 11.1 Å². The van der Waals surface area contributed by atoms with Gasteiger partial charge in [0, 0.05) is 6.54 Å². The third-order valence-corrected chi connectivity index (χ3v) is 3.36. The average molecular weight is 330 g/mol. The molecule has 1 aromatic rings. The van der Waals surface area contributed by atoms with Crippen molar-refractivity contribution < 1.29 is 19.0 Å². The third-order valence-electron chi connectivity index (χ3n) is 3.36. The molecule has 124 valence electrons. The maximum absolute atomic E-state index is 12.2. The third kappa shape index (κ3) is 4.27. The van der Waals surface area contributed by atoms with Crippen LogP contribution in [-0.4, -0.2) is 31.8 Å². The second-order valence-corrected chi connectivity index (χ2v) is 6.15. The van der Waals surface area contributed by atoms with Crippen LogP contribution in [0.5, 0.6) is 11.5 Å². The monoisotopic (exact) mass is 329 g/mol. The number of ether oxygens (including phenoxy) is 3. The molecule has 0 saturated carbocycles. The molecule has 0 spiro atoms. The highest BCUT2D eigenvalue weighted by Gasteiger charge is 2.29. The summed E-state index contributed by atoms with van der Waals surface area (Å²) in [5.41, 5.74) is 1.73. The Morgan fingerprint density at radius 2 is 1.68 bits per heavy atom. The largest absolute Gasteiger partial charge is 0.493 e. The molecule has 1 aliphatic rings. The second kappa shape index (κ2) is 7.20. The molecule has 0 saturated heterocycles. The maximum atomic E-state index is 12.2. The summed E-state index contributed by atoms with van der Waals surface area (Å²) in [6.07, 6.45) is 0.588. The van der Waals surface area contributed by atoms with E-state index in [2.05, 4.69) is 5.32 Å². The SMILES string of the molecule is COc1cc2c(cc1OC)C[C@@H](C(=O)OC(C)(C)C)NC2.Cl.